The van der Waals surface area contributed by atoms with Gasteiger partial charge in [0.25, 0.3) is 11.8 Å². The Morgan fingerprint density at radius 3 is 2.52 bits per heavy atom. The molecule has 0 aliphatic rings. The lowest BCUT2D eigenvalue weighted by molar-refractivity contribution is -0.124. The van der Waals surface area contributed by atoms with Gasteiger partial charge in [-0.25, -0.2) is 10.9 Å². The molecule has 2 aromatic rings. The molecule has 0 aliphatic heterocycles. The standard InChI is InChI=1S/C19H19N3O5/c1-26-16-8-6-14(11-17(16)27-2)12-20-21-19(24)15-5-3-4-13(10-15)7-9-18(23)22-25/h3-12,25H,1-2H3,(H,21,24)(H,22,23). The van der Waals surface area contributed by atoms with E-state index in [1.807, 2.05) is 0 Å². The van der Waals surface area contributed by atoms with Crippen molar-refractivity contribution in [1.29, 1.82) is 0 Å². The molecular formula is C19H19N3O5. The highest BCUT2D eigenvalue weighted by molar-refractivity contribution is 5.96. The lowest BCUT2D eigenvalue weighted by Crippen LogP contribution is -2.17. The lowest BCUT2D eigenvalue weighted by atomic mass is 10.1. The Bertz CT molecular complexity index is 877. The molecule has 0 bridgehead atoms. The Balaban J connectivity index is 2.04. The molecule has 8 nitrogen and oxygen atoms in total. The summed E-state index contributed by atoms with van der Waals surface area (Å²) in [6, 6.07) is 11.8. The summed E-state index contributed by atoms with van der Waals surface area (Å²) in [5, 5.41) is 12.4. The predicted octanol–water partition coefficient (Wildman–Crippen LogP) is 1.99. The molecule has 0 aliphatic carbocycles. The Hall–Kier alpha value is -3.65. The van der Waals surface area contributed by atoms with Crippen molar-refractivity contribution < 1.29 is 24.3 Å². The van der Waals surface area contributed by atoms with Gasteiger partial charge in [-0.15, -0.1) is 0 Å². The van der Waals surface area contributed by atoms with Crippen molar-refractivity contribution in [3.05, 3.63) is 65.2 Å². The zero-order chi connectivity index (χ0) is 19.6. The SMILES string of the molecule is COc1ccc(C=NNC(=O)c2cccc(C=CC(=O)NO)c2)cc1OC. The Kier molecular flexibility index (Phi) is 7.09. The van der Waals surface area contributed by atoms with E-state index in [9.17, 15) is 9.59 Å². The molecule has 0 unspecified atom stereocenters. The molecular weight excluding hydrogens is 350 g/mol. The monoisotopic (exact) mass is 369 g/mol. The maximum absolute atomic E-state index is 12.2. The van der Waals surface area contributed by atoms with Crippen LogP contribution in [0.15, 0.2) is 53.6 Å². The second-order valence-corrected chi connectivity index (χ2v) is 5.25. The van der Waals surface area contributed by atoms with Gasteiger partial charge in [-0.05, 0) is 47.5 Å². The minimum atomic E-state index is -0.663. The number of benzene rings is 2. The minimum Gasteiger partial charge on any atom is -0.493 e. The van der Waals surface area contributed by atoms with E-state index in [2.05, 4.69) is 10.5 Å². The van der Waals surface area contributed by atoms with Crippen LogP contribution in [0.2, 0.25) is 0 Å². The van der Waals surface area contributed by atoms with E-state index in [1.165, 1.54) is 24.9 Å². The number of hydroxylamine groups is 1. The summed E-state index contributed by atoms with van der Waals surface area (Å²) in [6.07, 6.45) is 4.09. The average Bonchev–Trinajstić information content (AvgIpc) is 2.71. The Morgan fingerprint density at radius 1 is 1.04 bits per heavy atom. The van der Waals surface area contributed by atoms with Gasteiger partial charge in [0.05, 0.1) is 20.4 Å². The normalized spacial score (nSPS) is 10.8. The summed E-state index contributed by atoms with van der Waals surface area (Å²) in [5.41, 5.74) is 5.63. The van der Waals surface area contributed by atoms with Crippen molar-refractivity contribution in [3.63, 3.8) is 0 Å². The van der Waals surface area contributed by atoms with Crippen LogP contribution in [-0.4, -0.2) is 37.5 Å². The first kappa shape index (κ1) is 19.7. The fourth-order valence-corrected chi connectivity index (χ4v) is 2.16. The van der Waals surface area contributed by atoms with Crippen LogP contribution >= 0.6 is 0 Å². The van der Waals surface area contributed by atoms with E-state index in [4.69, 9.17) is 14.7 Å². The molecule has 0 atom stereocenters. The third-order valence-electron chi connectivity index (χ3n) is 3.47. The molecule has 8 heteroatoms. The highest BCUT2D eigenvalue weighted by Gasteiger charge is 2.05. The van der Waals surface area contributed by atoms with Crippen LogP contribution in [0.25, 0.3) is 6.08 Å². The lowest BCUT2D eigenvalue weighted by Gasteiger charge is -2.07. The molecule has 0 aromatic heterocycles. The van der Waals surface area contributed by atoms with Crippen LogP contribution < -0.4 is 20.4 Å². The largest absolute Gasteiger partial charge is 0.493 e. The van der Waals surface area contributed by atoms with Gasteiger partial charge in [-0.2, -0.15) is 5.10 Å². The molecule has 0 radical (unpaired) electrons. The highest BCUT2D eigenvalue weighted by atomic mass is 16.5. The molecule has 140 valence electrons. The van der Waals surface area contributed by atoms with Crippen LogP contribution in [0.1, 0.15) is 21.5 Å². The van der Waals surface area contributed by atoms with Crippen molar-refractivity contribution in [1.82, 2.24) is 10.9 Å². The quantitative estimate of drug-likeness (QED) is 0.299. The number of nitrogens with zero attached hydrogens (tertiary/aromatic N) is 1. The van der Waals surface area contributed by atoms with Gasteiger partial charge >= 0.3 is 0 Å². The Morgan fingerprint density at radius 2 is 1.81 bits per heavy atom. The Labute approximate surface area is 156 Å². The van der Waals surface area contributed by atoms with Crippen LogP contribution in [0, 0.1) is 0 Å². The van der Waals surface area contributed by atoms with E-state index in [0.29, 0.717) is 22.6 Å². The highest BCUT2D eigenvalue weighted by Crippen LogP contribution is 2.26. The van der Waals surface area contributed by atoms with E-state index in [1.54, 1.807) is 49.6 Å². The molecule has 0 saturated heterocycles. The van der Waals surface area contributed by atoms with Crippen LogP contribution in [-0.2, 0) is 4.79 Å². The number of carbonyl (C=O) groups is 2. The van der Waals surface area contributed by atoms with Gasteiger partial charge in [0.2, 0.25) is 0 Å². The van der Waals surface area contributed by atoms with Gasteiger partial charge in [-0.1, -0.05) is 12.1 Å². The summed E-state index contributed by atoms with van der Waals surface area (Å²) in [5.74, 6) is 0.0792. The first-order valence-electron chi connectivity index (χ1n) is 7.85. The van der Waals surface area contributed by atoms with E-state index in [-0.39, 0.29) is 0 Å². The third-order valence-corrected chi connectivity index (χ3v) is 3.47. The molecule has 2 amide bonds. The van der Waals surface area contributed by atoms with Crippen molar-refractivity contribution in [2.24, 2.45) is 5.10 Å². The topological polar surface area (TPSA) is 109 Å². The fraction of sp³-hybridized carbons (Fsp3) is 0.105. The molecule has 2 aromatic carbocycles. The van der Waals surface area contributed by atoms with Crippen LogP contribution in [0.3, 0.4) is 0 Å². The maximum Gasteiger partial charge on any atom is 0.271 e. The molecule has 27 heavy (non-hydrogen) atoms. The summed E-state index contributed by atoms with van der Waals surface area (Å²) >= 11 is 0. The van der Waals surface area contributed by atoms with Crippen molar-refractivity contribution in [3.8, 4) is 11.5 Å². The van der Waals surface area contributed by atoms with Crippen LogP contribution in [0.5, 0.6) is 11.5 Å². The van der Waals surface area contributed by atoms with Crippen molar-refractivity contribution >= 4 is 24.1 Å². The molecule has 0 spiro atoms. The number of hydrazone groups is 1. The maximum atomic E-state index is 12.2. The first-order chi connectivity index (χ1) is 13.1. The van der Waals surface area contributed by atoms with Gasteiger partial charge in [-0.3, -0.25) is 14.8 Å². The average molecular weight is 369 g/mol. The smallest absolute Gasteiger partial charge is 0.271 e. The predicted molar refractivity (Wildman–Crippen MR) is 100 cm³/mol. The number of methoxy groups -OCH3 is 2. The number of rotatable bonds is 7. The summed E-state index contributed by atoms with van der Waals surface area (Å²) in [4.78, 5) is 23.2. The second kappa shape index (κ2) is 9.73. The first-order valence-corrected chi connectivity index (χ1v) is 7.85. The molecule has 2 rings (SSSR count). The van der Waals surface area contributed by atoms with Gasteiger partial charge < -0.3 is 9.47 Å². The summed E-state index contributed by atoms with van der Waals surface area (Å²) in [7, 11) is 3.08. The third kappa shape index (κ3) is 5.68. The van der Waals surface area contributed by atoms with Crippen molar-refractivity contribution in [2.45, 2.75) is 0 Å². The van der Waals surface area contributed by atoms with Crippen LogP contribution in [0.4, 0.5) is 0 Å². The number of nitrogens with one attached hydrogen (secondary N) is 2. The summed E-state index contributed by atoms with van der Waals surface area (Å²) < 4.78 is 10.4. The fourth-order valence-electron chi connectivity index (χ4n) is 2.16. The molecule has 0 saturated carbocycles. The molecule has 0 heterocycles. The van der Waals surface area contributed by atoms with Gasteiger partial charge in [0.1, 0.15) is 0 Å². The van der Waals surface area contributed by atoms with Gasteiger partial charge in [0.15, 0.2) is 11.5 Å². The zero-order valence-corrected chi connectivity index (χ0v) is 14.8. The molecule has 0 fully saturated rings. The number of carbonyl (C=O) groups excluding carboxylic acids is 2. The zero-order valence-electron chi connectivity index (χ0n) is 14.8. The summed E-state index contributed by atoms with van der Waals surface area (Å²) in [6.45, 7) is 0. The number of amides is 2. The number of hydrogen-bond acceptors (Lipinski definition) is 6. The van der Waals surface area contributed by atoms with Gasteiger partial charge in [0, 0.05) is 11.6 Å². The van der Waals surface area contributed by atoms with Crippen molar-refractivity contribution in [2.75, 3.05) is 14.2 Å². The minimum absolute atomic E-state index is 0.367. The number of ether oxygens (including phenoxy) is 2. The number of hydrogen-bond donors (Lipinski definition) is 3. The van der Waals surface area contributed by atoms with E-state index >= 15 is 0 Å². The van der Waals surface area contributed by atoms with E-state index in [0.717, 1.165) is 11.6 Å². The second-order valence-electron chi connectivity index (χ2n) is 5.25. The van der Waals surface area contributed by atoms with E-state index < -0.39 is 11.8 Å². The molecule has 3 N–H and O–H groups in total.